The number of piperazine rings is 1. The van der Waals surface area contributed by atoms with Gasteiger partial charge in [0, 0.05) is 44.6 Å². The number of hydrogen-bond donors (Lipinski definition) is 2. The Kier molecular flexibility index (Phi) is 6.15. The van der Waals surface area contributed by atoms with Crippen molar-refractivity contribution in [2.45, 2.75) is 6.92 Å². The van der Waals surface area contributed by atoms with E-state index in [2.05, 4.69) is 10.2 Å². The maximum Gasteiger partial charge on any atom is 0.267 e. The number of benzene rings is 1. The van der Waals surface area contributed by atoms with Crippen LogP contribution in [0.3, 0.4) is 0 Å². The Morgan fingerprint density at radius 3 is 2.74 bits per heavy atom. The highest BCUT2D eigenvalue weighted by Crippen LogP contribution is 2.12. The largest absolute Gasteiger partial charge is 0.395 e. The quantitative estimate of drug-likeness (QED) is 0.625. The second kappa shape index (κ2) is 8.32. The van der Waals surface area contributed by atoms with Crippen LogP contribution in [-0.2, 0) is 4.79 Å². The number of anilines is 1. The molecule has 0 atom stereocenters. The molecule has 1 aromatic carbocycles. The Bertz CT molecular complexity index is 613. The smallest absolute Gasteiger partial charge is 0.267 e. The van der Waals surface area contributed by atoms with Gasteiger partial charge in [0.05, 0.1) is 6.61 Å². The predicted octanol–water partition coefficient (Wildman–Crippen LogP) is 0.951. The number of aryl methyl sites for hydroxylation is 1. The van der Waals surface area contributed by atoms with Crippen LogP contribution in [0.15, 0.2) is 36.0 Å². The van der Waals surface area contributed by atoms with Gasteiger partial charge in [-0.1, -0.05) is 12.1 Å². The van der Waals surface area contributed by atoms with Gasteiger partial charge >= 0.3 is 0 Å². The first-order chi connectivity index (χ1) is 11.1. The molecule has 0 bridgehead atoms. The lowest BCUT2D eigenvalue weighted by Gasteiger charge is -2.33. The molecule has 2 N–H and O–H groups in total. The highest BCUT2D eigenvalue weighted by Gasteiger charge is 2.17. The average Bonchev–Trinajstić information content (AvgIpc) is 2.54. The van der Waals surface area contributed by atoms with E-state index in [1.807, 2.05) is 36.1 Å². The fourth-order valence-electron chi connectivity index (χ4n) is 2.50. The first-order valence-corrected chi connectivity index (χ1v) is 7.69. The van der Waals surface area contributed by atoms with Crippen LogP contribution >= 0.6 is 0 Å². The second-order valence-electron chi connectivity index (χ2n) is 5.58. The predicted molar refractivity (Wildman–Crippen MR) is 88.6 cm³/mol. The Morgan fingerprint density at radius 1 is 1.39 bits per heavy atom. The van der Waals surface area contributed by atoms with E-state index in [4.69, 9.17) is 5.11 Å². The van der Waals surface area contributed by atoms with Gasteiger partial charge in [0.15, 0.2) is 0 Å². The van der Waals surface area contributed by atoms with Crippen molar-refractivity contribution in [3.8, 4) is 6.07 Å². The lowest BCUT2D eigenvalue weighted by atomic mass is 10.2. The molecular formula is C17H22N4O2. The van der Waals surface area contributed by atoms with Crippen LogP contribution in [0.5, 0.6) is 0 Å². The summed E-state index contributed by atoms with van der Waals surface area (Å²) in [6, 6.07) is 9.44. The summed E-state index contributed by atoms with van der Waals surface area (Å²) in [5.74, 6) is -0.393. The summed E-state index contributed by atoms with van der Waals surface area (Å²) >= 11 is 0. The molecule has 0 spiro atoms. The molecule has 0 aliphatic carbocycles. The minimum atomic E-state index is -0.393. The van der Waals surface area contributed by atoms with Gasteiger partial charge in [0.25, 0.3) is 5.91 Å². The first kappa shape index (κ1) is 17.0. The van der Waals surface area contributed by atoms with Crippen LogP contribution < -0.4 is 5.32 Å². The molecule has 1 aliphatic heterocycles. The van der Waals surface area contributed by atoms with E-state index in [1.54, 1.807) is 12.3 Å². The van der Waals surface area contributed by atoms with E-state index in [-0.39, 0.29) is 12.2 Å². The van der Waals surface area contributed by atoms with Gasteiger partial charge in [0.1, 0.15) is 11.6 Å². The third-order valence-electron chi connectivity index (χ3n) is 3.78. The zero-order chi connectivity index (χ0) is 16.7. The van der Waals surface area contributed by atoms with Gasteiger partial charge in [0.2, 0.25) is 0 Å². The molecule has 1 fully saturated rings. The van der Waals surface area contributed by atoms with Crippen molar-refractivity contribution < 1.29 is 9.90 Å². The zero-order valence-corrected chi connectivity index (χ0v) is 13.3. The lowest BCUT2D eigenvalue weighted by Crippen LogP contribution is -2.45. The molecule has 2 rings (SSSR count). The van der Waals surface area contributed by atoms with Crippen molar-refractivity contribution in [3.63, 3.8) is 0 Å². The molecule has 23 heavy (non-hydrogen) atoms. The van der Waals surface area contributed by atoms with Crippen LogP contribution in [0, 0.1) is 18.3 Å². The average molecular weight is 314 g/mol. The molecule has 0 radical (unpaired) electrons. The summed E-state index contributed by atoms with van der Waals surface area (Å²) in [6.07, 6.45) is 1.63. The third-order valence-corrected chi connectivity index (χ3v) is 3.78. The molecule has 1 amide bonds. The van der Waals surface area contributed by atoms with E-state index in [0.717, 1.165) is 31.7 Å². The van der Waals surface area contributed by atoms with Gasteiger partial charge in [-0.25, -0.2) is 0 Å². The van der Waals surface area contributed by atoms with Crippen LogP contribution in [-0.4, -0.2) is 60.1 Å². The van der Waals surface area contributed by atoms with Crippen LogP contribution in [0.25, 0.3) is 0 Å². The number of nitriles is 1. The van der Waals surface area contributed by atoms with Gasteiger partial charge in [-0.15, -0.1) is 0 Å². The summed E-state index contributed by atoms with van der Waals surface area (Å²) in [5.41, 5.74) is 1.83. The Hall–Kier alpha value is -2.36. The number of aliphatic hydroxyl groups excluding tert-OH is 1. The van der Waals surface area contributed by atoms with Gasteiger partial charge < -0.3 is 15.3 Å². The van der Waals surface area contributed by atoms with Crippen molar-refractivity contribution in [2.24, 2.45) is 0 Å². The van der Waals surface area contributed by atoms with E-state index in [1.165, 1.54) is 0 Å². The van der Waals surface area contributed by atoms with Crippen molar-refractivity contribution >= 4 is 11.6 Å². The number of rotatable bonds is 5. The number of amides is 1. The van der Waals surface area contributed by atoms with Crippen LogP contribution in [0.1, 0.15) is 5.56 Å². The molecule has 0 unspecified atom stereocenters. The minimum Gasteiger partial charge on any atom is -0.395 e. The molecule has 0 saturated carbocycles. The fourth-order valence-corrected chi connectivity index (χ4v) is 2.50. The van der Waals surface area contributed by atoms with Crippen molar-refractivity contribution in [1.82, 2.24) is 9.80 Å². The number of nitrogens with zero attached hydrogens (tertiary/aromatic N) is 3. The highest BCUT2D eigenvalue weighted by atomic mass is 16.3. The standard InChI is InChI=1S/C17H22N4O2/c1-14-3-2-4-16(11-14)19-17(23)15(12-18)13-21-7-5-20(6-8-21)9-10-22/h2-4,11,13,22H,5-10H2,1H3,(H,19,23)/b15-13-. The maximum absolute atomic E-state index is 12.2. The van der Waals surface area contributed by atoms with E-state index >= 15 is 0 Å². The Morgan fingerprint density at radius 2 is 2.13 bits per heavy atom. The molecular weight excluding hydrogens is 292 g/mol. The molecule has 6 heteroatoms. The molecule has 1 saturated heterocycles. The molecule has 122 valence electrons. The Labute approximate surface area is 136 Å². The molecule has 1 aromatic rings. The van der Waals surface area contributed by atoms with Gasteiger partial charge in [-0.05, 0) is 24.6 Å². The van der Waals surface area contributed by atoms with Gasteiger partial charge in [-0.3, -0.25) is 9.69 Å². The zero-order valence-electron chi connectivity index (χ0n) is 13.3. The first-order valence-electron chi connectivity index (χ1n) is 7.69. The SMILES string of the molecule is Cc1cccc(NC(=O)/C(C#N)=C\N2CCN(CCO)CC2)c1. The fraction of sp³-hybridized carbons (Fsp3) is 0.412. The monoisotopic (exact) mass is 314 g/mol. The topological polar surface area (TPSA) is 79.6 Å². The van der Waals surface area contributed by atoms with Crippen molar-refractivity contribution in [3.05, 3.63) is 41.6 Å². The number of carbonyl (C=O) groups excluding carboxylic acids is 1. The summed E-state index contributed by atoms with van der Waals surface area (Å²) in [7, 11) is 0. The third kappa shape index (κ3) is 5.09. The lowest BCUT2D eigenvalue weighted by molar-refractivity contribution is -0.112. The molecule has 6 nitrogen and oxygen atoms in total. The summed E-state index contributed by atoms with van der Waals surface area (Å²) in [4.78, 5) is 16.4. The molecule has 0 aromatic heterocycles. The van der Waals surface area contributed by atoms with Crippen LogP contribution in [0.4, 0.5) is 5.69 Å². The second-order valence-corrected chi connectivity index (χ2v) is 5.58. The number of carbonyl (C=O) groups is 1. The number of aliphatic hydroxyl groups is 1. The van der Waals surface area contributed by atoms with E-state index in [0.29, 0.717) is 12.2 Å². The summed E-state index contributed by atoms with van der Waals surface area (Å²) in [5, 5.41) is 20.9. The van der Waals surface area contributed by atoms with Crippen molar-refractivity contribution in [2.75, 3.05) is 44.6 Å². The summed E-state index contributed by atoms with van der Waals surface area (Å²) in [6.45, 7) is 5.87. The molecule has 1 aliphatic rings. The van der Waals surface area contributed by atoms with E-state index < -0.39 is 5.91 Å². The van der Waals surface area contributed by atoms with Crippen LogP contribution in [0.2, 0.25) is 0 Å². The number of nitrogens with one attached hydrogen (secondary N) is 1. The molecule has 1 heterocycles. The highest BCUT2D eigenvalue weighted by molar-refractivity contribution is 6.06. The van der Waals surface area contributed by atoms with Crippen molar-refractivity contribution in [1.29, 1.82) is 5.26 Å². The number of hydrogen-bond acceptors (Lipinski definition) is 5. The maximum atomic E-state index is 12.2. The Balaban J connectivity index is 1.96. The normalized spacial score (nSPS) is 16.0. The number of β-amino-alcohol motifs (C(OH)–C–C–N with tert-alkyl or cyclic N) is 1. The van der Waals surface area contributed by atoms with Gasteiger partial charge in [-0.2, -0.15) is 5.26 Å². The summed E-state index contributed by atoms with van der Waals surface area (Å²) < 4.78 is 0. The van der Waals surface area contributed by atoms with E-state index in [9.17, 15) is 10.1 Å². The minimum absolute atomic E-state index is 0.0992.